The lowest BCUT2D eigenvalue weighted by Crippen LogP contribution is -2.17. The Bertz CT molecular complexity index is 636. The number of hydrogen-bond donors (Lipinski definition) is 0. The maximum atomic E-state index is 12.0. The summed E-state index contributed by atoms with van der Waals surface area (Å²) in [6, 6.07) is 11.3. The van der Waals surface area contributed by atoms with Crippen LogP contribution in [-0.4, -0.2) is 19.9 Å². The van der Waals surface area contributed by atoms with Crippen LogP contribution < -0.4 is 9.47 Å². The van der Waals surface area contributed by atoms with Crippen LogP contribution in [0.1, 0.15) is 26.7 Å². The summed E-state index contributed by atoms with van der Waals surface area (Å²) in [6.07, 6.45) is 1.81. The van der Waals surface area contributed by atoms with Crippen LogP contribution in [0.25, 0.3) is 10.8 Å². The molecule has 22 heavy (non-hydrogen) atoms. The molecule has 4 heteroatoms. The molecule has 0 aromatic heterocycles. The summed E-state index contributed by atoms with van der Waals surface area (Å²) in [7, 11) is 1.58. The maximum Gasteiger partial charge on any atom is 0.314 e. The molecule has 2 rings (SSSR count). The number of fused-ring (bicyclic) bond motifs is 1. The van der Waals surface area contributed by atoms with Gasteiger partial charge in [-0.25, -0.2) is 0 Å². The number of benzene rings is 2. The average Bonchev–Trinajstić information content (AvgIpc) is 2.53. The number of carbonyl (C=O) groups excluding carboxylic acids is 1. The van der Waals surface area contributed by atoms with Gasteiger partial charge in [0.2, 0.25) is 0 Å². The first-order valence-electron chi connectivity index (χ1n) is 7.51. The molecule has 0 fully saturated rings. The topological polar surface area (TPSA) is 44.8 Å². The van der Waals surface area contributed by atoms with Gasteiger partial charge in [0.15, 0.2) is 6.79 Å². The molecule has 2 aromatic carbocycles. The number of esters is 1. The summed E-state index contributed by atoms with van der Waals surface area (Å²) < 4.78 is 15.7. The fraction of sp³-hybridized carbons (Fsp3) is 0.389. The van der Waals surface area contributed by atoms with Crippen molar-refractivity contribution in [1.29, 1.82) is 0 Å². The van der Waals surface area contributed by atoms with Gasteiger partial charge in [0.1, 0.15) is 11.5 Å². The molecular weight excluding hydrogens is 280 g/mol. The zero-order valence-electron chi connectivity index (χ0n) is 13.3. The quantitative estimate of drug-likeness (QED) is 0.437. The smallest absolute Gasteiger partial charge is 0.314 e. The molecule has 0 saturated carbocycles. The third kappa shape index (κ3) is 4.21. The number of rotatable bonds is 7. The lowest BCUT2D eigenvalue weighted by molar-refractivity contribution is -0.138. The Kier molecular flexibility index (Phi) is 5.78. The summed E-state index contributed by atoms with van der Waals surface area (Å²) >= 11 is 0. The SMILES string of the molecule is CCCC(C)C(=O)Oc1ccc2cc(OCOC)ccc2c1. The Hall–Kier alpha value is -2.07. The van der Waals surface area contributed by atoms with Gasteiger partial charge in [-0.05, 0) is 41.5 Å². The third-order valence-electron chi connectivity index (χ3n) is 3.47. The van der Waals surface area contributed by atoms with Gasteiger partial charge in [-0.3, -0.25) is 4.79 Å². The first kappa shape index (κ1) is 16.3. The van der Waals surface area contributed by atoms with Crippen LogP contribution in [0.4, 0.5) is 0 Å². The van der Waals surface area contributed by atoms with Crippen molar-refractivity contribution in [2.45, 2.75) is 26.7 Å². The summed E-state index contributed by atoms with van der Waals surface area (Å²) in [6.45, 7) is 4.17. The summed E-state index contributed by atoms with van der Waals surface area (Å²) in [5.74, 6) is 1.06. The first-order chi connectivity index (χ1) is 10.6. The summed E-state index contributed by atoms with van der Waals surface area (Å²) in [5.41, 5.74) is 0. The number of hydrogen-bond acceptors (Lipinski definition) is 4. The fourth-order valence-corrected chi connectivity index (χ4v) is 2.25. The van der Waals surface area contributed by atoms with E-state index in [1.165, 1.54) is 0 Å². The van der Waals surface area contributed by atoms with E-state index in [1.807, 2.05) is 37.3 Å². The molecule has 0 heterocycles. The molecule has 0 aliphatic heterocycles. The Morgan fingerprint density at radius 2 is 1.73 bits per heavy atom. The van der Waals surface area contributed by atoms with Crippen molar-refractivity contribution in [1.82, 2.24) is 0 Å². The van der Waals surface area contributed by atoms with Crippen molar-refractivity contribution >= 4 is 16.7 Å². The van der Waals surface area contributed by atoms with E-state index in [-0.39, 0.29) is 18.7 Å². The van der Waals surface area contributed by atoms with Crippen molar-refractivity contribution in [3.05, 3.63) is 36.4 Å². The van der Waals surface area contributed by atoms with Crippen molar-refractivity contribution in [2.75, 3.05) is 13.9 Å². The van der Waals surface area contributed by atoms with Crippen LogP contribution >= 0.6 is 0 Å². The summed E-state index contributed by atoms with van der Waals surface area (Å²) in [5, 5.41) is 2.02. The van der Waals surface area contributed by atoms with E-state index >= 15 is 0 Å². The highest BCUT2D eigenvalue weighted by molar-refractivity contribution is 5.86. The molecule has 0 aliphatic rings. The van der Waals surface area contributed by atoms with Crippen LogP contribution in [-0.2, 0) is 9.53 Å². The molecule has 0 amide bonds. The number of methoxy groups -OCH3 is 1. The molecule has 0 radical (unpaired) electrons. The lowest BCUT2D eigenvalue weighted by atomic mass is 10.1. The molecule has 0 spiro atoms. The zero-order valence-corrected chi connectivity index (χ0v) is 13.3. The van der Waals surface area contributed by atoms with E-state index in [9.17, 15) is 4.79 Å². The predicted octanol–water partition coefficient (Wildman–Crippen LogP) is 4.16. The highest BCUT2D eigenvalue weighted by atomic mass is 16.7. The second-order valence-electron chi connectivity index (χ2n) is 5.33. The Labute approximate surface area is 131 Å². The van der Waals surface area contributed by atoms with Crippen LogP contribution in [0, 0.1) is 5.92 Å². The van der Waals surface area contributed by atoms with E-state index in [0.29, 0.717) is 5.75 Å². The predicted molar refractivity (Wildman–Crippen MR) is 86.2 cm³/mol. The van der Waals surface area contributed by atoms with Gasteiger partial charge in [-0.1, -0.05) is 32.4 Å². The van der Waals surface area contributed by atoms with E-state index in [1.54, 1.807) is 13.2 Å². The minimum atomic E-state index is -0.179. The van der Waals surface area contributed by atoms with E-state index in [4.69, 9.17) is 14.2 Å². The Morgan fingerprint density at radius 1 is 1.09 bits per heavy atom. The van der Waals surface area contributed by atoms with Crippen molar-refractivity contribution in [3.63, 3.8) is 0 Å². The van der Waals surface area contributed by atoms with Gasteiger partial charge in [0.05, 0.1) is 5.92 Å². The molecule has 118 valence electrons. The lowest BCUT2D eigenvalue weighted by Gasteiger charge is -2.11. The minimum absolute atomic E-state index is 0.0782. The average molecular weight is 302 g/mol. The van der Waals surface area contributed by atoms with Gasteiger partial charge in [-0.2, -0.15) is 0 Å². The molecular formula is C18H22O4. The number of ether oxygens (including phenoxy) is 3. The standard InChI is InChI=1S/C18H22O4/c1-4-5-13(2)18(19)22-17-9-7-14-10-16(21-12-20-3)8-6-15(14)11-17/h6-11,13H,4-5,12H2,1-3H3. The van der Waals surface area contributed by atoms with Gasteiger partial charge in [0, 0.05) is 7.11 Å². The van der Waals surface area contributed by atoms with Crippen LogP contribution in [0.15, 0.2) is 36.4 Å². The van der Waals surface area contributed by atoms with E-state index in [0.717, 1.165) is 29.4 Å². The highest BCUT2D eigenvalue weighted by Gasteiger charge is 2.14. The van der Waals surface area contributed by atoms with Crippen LogP contribution in [0.5, 0.6) is 11.5 Å². The molecule has 1 unspecified atom stereocenters. The molecule has 4 nitrogen and oxygen atoms in total. The van der Waals surface area contributed by atoms with Gasteiger partial charge < -0.3 is 14.2 Å². The molecule has 0 bridgehead atoms. The largest absolute Gasteiger partial charge is 0.468 e. The first-order valence-corrected chi connectivity index (χ1v) is 7.51. The summed E-state index contributed by atoms with van der Waals surface area (Å²) in [4.78, 5) is 12.0. The molecule has 2 aromatic rings. The van der Waals surface area contributed by atoms with Crippen molar-refractivity contribution < 1.29 is 19.0 Å². The zero-order chi connectivity index (χ0) is 15.9. The normalized spacial score (nSPS) is 12.1. The molecule has 1 atom stereocenters. The van der Waals surface area contributed by atoms with E-state index in [2.05, 4.69) is 6.92 Å². The van der Waals surface area contributed by atoms with E-state index < -0.39 is 0 Å². The van der Waals surface area contributed by atoms with Crippen LogP contribution in [0.2, 0.25) is 0 Å². The minimum Gasteiger partial charge on any atom is -0.468 e. The van der Waals surface area contributed by atoms with Crippen molar-refractivity contribution in [2.24, 2.45) is 5.92 Å². The molecule has 0 N–H and O–H groups in total. The van der Waals surface area contributed by atoms with Gasteiger partial charge in [-0.15, -0.1) is 0 Å². The molecule has 0 saturated heterocycles. The second-order valence-corrected chi connectivity index (χ2v) is 5.33. The molecule has 0 aliphatic carbocycles. The number of carbonyl (C=O) groups is 1. The van der Waals surface area contributed by atoms with Crippen molar-refractivity contribution in [3.8, 4) is 11.5 Å². The van der Waals surface area contributed by atoms with Crippen LogP contribution in [0.3, 0.4) is 0 Å². The van der Waals surface area contributed by atoms with Gasteiger partial charge in [0.25, 0.3) is 0 Å². The maximum absolute atomic E-state index is 12.0. The van der Waals surface area contributed by atoms with Gasteiger partial charge >= 0.3 is 5.97 Å². The Morgan fingerprint density at radius 3 is 2.36 bits per heavy atom. The Balaban J connectivity index is 2.12. The highest BCUT2D eigenvalue weighted by Crippen LogP contribution is 2.25. The monoisotopic (exact) mass is 302 g/mol. The fourth-order valence-electron chi connectivity index (χ4n) is 2.25. The second kappa shape index (κ2) is 7.80. The third-order valence-corrected chi connectivity index (χ3v) is 3.47.